The molecule has 194 valence electrons. The number of nitrogens with one attached hydrogen (secondary N) is 1. The number of aryl methyl sites for hydroxylation is 1. The van der Waals surface area contributed by atoms with Crippen molar-refractivity contribution in [2.24, 2.45) is 5.92 Å². The molecule has 1 heterocycles. The number of nitrogens with zero attached hydrogens (tertiary/aromatic N) is 2. The zero-order valence-corrected chi connectivity index (χ0v) is 22.0. The first-order chi connectivity index (χ1) is 18.6. The lowest BCUT2D eigenvalue weighted by atomic mass is 10.1. The average Bonchev–Trinajstić information content (AvgIpc) is 3.88. The zero-order valence-electron chi connectivity index (χ0n) is 22.0. The van der Waals surface area contributed by atoms with E-state index in [0.29, 0.717) is 13.1 Å². The van der Waals surface area contributed by atoms with Gasteiger partial charge in [0.2, 0.25) is 11.8 Å². The predicted octanol–water partition coefficient (Wildman–Crippen LogP) is 5.84. The van der Waals surface area contributed by atoms with E-state index in [4.69, 9.17) is 0 Å². The molecule has 2 aliphatic rings. The van der Waals surface area contributed by atoms with E-state index in [1.54, 1.807) is 0 Å². The Bertz CT molecular complexity index is 1420. The van der Waals surface area contributed by atoms with Gasteiger partial charge in [0.05, 0.1) is 0 Å². The molecule has 1 aromatic heterocycles. The van der Waals surface area contributed by atoms with E-state index in [1.165, 1.54) is 22.1 Å². The van der Waals surface area contributed by atoms with Crippen molar-refractivity contribution in [3.05, 3.63) is 107 Å². The van der Waals surface area contributed by atoms with E-state index in [2.05, 4.69) is 72.7 Å². The van der Waals surface area contributed by atoms with Crippen LogP contribution in [0.2, 0.25) is 0 Å². The van der Waals surface area contributed by atoms with Crippen molar-refractivity contribution in [1.29, 1.82) is 0 Å². The summed E-state index contributed by atoms with van der Waals surface area (Å²) < 4.78 is 0. The number of aromatic amines is 1. The van der Waals surface area contributed by atoms with Crippen LogP contribution in [-0.2, 0) is 22.6 Å². The summed E-state index contributed by atoms with van der Waals surface area (Å²) in [5, 5.41) is 1.20. The average molecular weight is 506 g/mol. The molecule has 6 rings (SSSR count). The molecule has 0 aliphatic heterocycles. The molecule has 38 heavy (non-hydrogen) atoms. The number of benzene rings is 3. The molecule has 2 aliphatic carbocycles. The highest BCUT2D eigenvalue weighted by Crippen LogP contribution is 2.49. The zero-order chi connectivity index (χ0) is 26.1. The Kier molecular flexibility index (Phi) is 6.75. The number of amides is 2. The Morgan fingerprint density at radius 2 is 1.66 bits per heavy atom. The molecule has 0 bridgehead atoms. The quantitative estimate of drug-likeness (QED) is 0.294. The molecule has 0 spiro atoms. The van der Waals surface area contributed by atoms with Crippen LogP contribution in [0.1, 0.15) is 47.4 Å². The van der Waals surface area contributed by atoms with Crippen molar-refractivity contribution in [2.75, 3.05) is 13.1 Å². The summed E-state index contributed by atoms with van der Waals surface area (Å²) in [6, 6.07) is 27.2. The second kappa shape index (κ2) is 10.5. The van der Waals surface area contributed by atoms with Gasteiger partial charge >= 0.3 is 0 Å². The molecule has 1 N–H and O–H groups in total. The summed E-state index contributed by atoms with van der Waals surface area (Å²) in [6.45, 7) is 3.40. The lowest BCUT2D eigenvalue weighted by Crippen LogP contribution is -2.45. The minimum absolute atomic E-state index is 0.00238. The number of H-pyrrole nitrogens is 1. The molecule has 0 radical (unpaired) electrons. The van der Waals surface area contributed by atoms with Gasteiger partial charge in [-0.05, 0) is 61.3 Å². The highest BCUT2D eigenvalue weighted by Gasteiger charge is 2.48. The normalized spacial score (nSPS) is 18.3. The van der Waals surface area contributed by atoms with E-state index in [1.807, 2.05) is 34.1 Å². The minimum atomic E-state index is 0.00238. The predicted molar refractivity (Wildman–Crippen MR) is 151 cm³/mol. The van der Waals surface area contributed by atoms with Crippen molar-refractivity contribution in [1.82, 2.24) is 14.8 Å². The van der Waals surface area contributed by atoms with Crippen LogP contribution in [-0.4, -0.2) is 45.7 Å². The molecular formula is C33H35N3O2. The van der Waals surface area contributed by atoms with Crippen molar-refractivity contribution in [2.45, 2.75) is 51.1 Å². The van der Waals surface area contributed by atoms with Gasteiger partial charge in [-0.15, -0.1) is 0 Å². The van der Waals surface area contributed by atoms with Crippen LogP contribution in [0, 0.1) is 12.8 Å². The molecule has 1 unspecified atom stereocenters. The Labute approximate surface area is 224 Å². The summed E-state index contributed by atoms with van der Waals surface area (Å²) in [5.74, 6) is 0.470. The molecular weight excluding hydrogens is 470 g/mol. The fraction of sp³-hybridized carbons (Fsp3) is 0.333. The number of carbonyl (C=O) groups is 2. The molecule has 5 nitrogen and oxygen atoms in total. The molecule has 2 saturated carbocycles. The number of rotatable bonds is 10. The fourth-order valence-electron chi connectivity index (χ4n) is 5.57. The number of hydrogen-bond acceptors (Lipinski definition) is 2. The van der Waals surface area contributed by atoms with Crippen LogP contribution in [0.3, 0.4) is 0 Å². The van der Waals surface area contributed by atoms with E-state index >= 15 is 0 Å². The number of carbonyl (C=O) groups excluding carboxylic acids is 2. The third kappa shape index (κ3) is 5.38. The molecule has 0 saturated heterocycles. The van der Waals surface area contributed by atoms with Gasteiger partial charge in [-0.1, -0.05) is 78.4 Å². The van der Waals surface area contributed by atoms with Crippen molar-refractivity contribution in [3.63, 3.8) is 0 Å². The second-order valence-corrected chi connectivity index (χ2v) is 11.0. The largest absolute Gasteiger partial charge is 0.361 e. The van der Waals surface area contributed by atoms with E-state index in [0.717, 1.165) is 36.8 Å². The standard InChI is InChI=1S/C33H35N3O2/c1-23-11-13-24(14-12-23)21-35(18-17-26-20-34-31-10-6-5-9-28(26)31)32(37)22-36(27-15-16-27)33(38)30-19-29(30)25-7-3-2-4-8-25/h2-14,20,27,29-30,34H,15-19,21-22H2,1H3/t29-,30?/m0/s1. The molecule has 2 atom stereocenters. The van der Waals surface area contributed by atoms with Crippen LogP contribution in [0.25, 0.3) is 10.9 Å². The molecule has 4 aromatic rings. The maximum absolute atomic E-state index is 13.8. The van der Waals surface area contributed by atoms with E-state index in [9.17, 15) is 9.59 Å². The first-order valence-corrected chi connectivity index (χ1v) is 13.8. The van der Waals surface area contributed by atoms with Crippen LogP contribution < -0.4 is 0 Å². The number of fused-ring (bicyclic) bond motifs is 1. The fourth-order valence-corrected chi connectivity index (χ4v) is 5.57. The van der Waals surface area contributed by atoms with Crippen LogP contribution in [0.5, 0.6) is 0 Å². The Morgan fingerprint density at radius 1 is 0.921 bits per heavy atom. The number of para-hydroxylation sites is 1. The first-order valence-electron chi connectivity index (χ1n) is 13.8. The van der Waals surface area contributed by atoms with Crippen molar-refractivity contribution >= 4 is 22.7 Å². The van der Waals surface area contributed by atoms with Gasteiger partial charge in [-0.25, -0.2) is 0 Å². The van der Waals surface area contributed by atoms with Gasteiger partial charge < -0.3 is 14.8 Å². The smallest absolute Gasteiger partial charge is 0.242 e. The second-order valence-electron chi connectivity index (χ2n) is 11.0. The van der Waals surface area contributed by atoms with Gasteiger partial charge in [0.25, 0.3) is 0 Å². The third-order valence-electron chi connectivity index (χ3n) is 8.08. The molecule has 2 amide bonds. The molecule has 5 heteroatoms. The Hall–Kier alpha value is -3.86. The maximum atomic E-state index is 13.8. The number of hydrogen-bond donors (Lipinski definition) is 1. The maximum Gasteiger partial charge on any atom is 0.242 e. The topological polar surface area (TPSA) is 56.4 Å². The molecule has 2 fully saturated rings. The summed E-state index contributed by atoms with van der Waals surface area (Å²) in [5.41, 5.74) is 5.86. The van der Waals surface area contributed by atoms with Crippen molar-refractivity contribution < 1.29 is 9.59 Å². The lowest BCUT2D eigenvalue weighted by molar-refractivity contribution is -0.142. The monoisotopic (exact) mass is 505 g/mol. The third-order valence-corrected chi connectivity index (χ3v) is 8.08. The van der Waals surface area contributed by atoms with Gasteiger partial charge in [-0.3, -0.25) is 9.59 Å². The van der Waals surface area contributed by atoms with Gasteiger partial charge in [-0.2, -0.15) is 0 Å². The minimum Gasteiger partial charge on any atom is -0.361 e. The lowest BCUT2D eigenvalue weighted by Gasteiger charge is -2.28. The van der Waals surface area contributed by atoms with Crippen LogP contribution in [0.15, 0.2) is 85.1 Å². The van der Waals surface area contributed by atoms with Crippen LogP contribution in [0.4, 0.5) is 0 Å². The Balaban J connectivity index is 1.17. The van der Waals surface area contributed by atoms with Crippen molar-refractivity contribution in [3.8, 4) is 0 Å². The highest BCUT2D eigenvalue weighted by molar-refractivity contribution is 5.89. The SMILES string of the molecule is Cc1ccc(CN(CCc2c[nH]c3ccccc23)C(=O)CN(C(=O)C2C[C@H]2c2ccccc2)C2CC2)cc1. The van der Waals surface area contributed by atoms with E-state index in [-0.39, 0.29) is 36.2 Å². The Morgan fingerprint density at radius 3 is 2.42 bits per heavy atom. The van der Waals surface area contributed by atoms with Crippen LogP contribution >= 0.6 is 0 Å². The van der Waals surface area contributed by atoms with E-state index < -0.39 is 0 Å². The van der Waals surface area contributed by atoms with Gasteiger partial charge in [0.15, 0.2) is 0 Å². The van der Waals surface area contributed by atoms with Gasteiger partial charge in [0, 0.05) is 42.1 Å². The number of aromatic nitrogens is 1. The summed E-state index contributed by atoms with van der Waals surface area (Å²) in [6.07, 6.45) is 5.69. The summed E-state index contributed by atoms with van der Waals surface area (Å²) >= 11 is 0. The summed E-state index contributed by atoms with van der Waals surface area (Å²) in [4.78, 5) is 34.6. The highest BCUT2D eigenvalue weighted by atomic mass is 16.2. The first kappa shape index (κ1) is 24.5. The van der Waals surface area contributed by atoms with Gasteiger partial charge in [0.1, 0.15) is 6.54 Å². The summed E-state index contributed by atoms with van der Waals surface area (Å²) in [7, 11) is 0. The molecule has 3 aromatic carbocycles.